The van der Waals surface area contributed by atoms with Crippen molar-refractivity contribution in [2.24, 2.45) is 0 Å². The van der Waals surface area contributed by atoms with Crippen LogP contribution in [0.3, 0.4) is 0 Å². The molecule has 1 amide bonds. The smallest absolute Gasteiger partial charge is 0.233 e. The van der Waals surface area contributed by atoms with Crippen LogP contribution in [0.1, 0.15) is 25.7 Å². The lowest BCUT2D eigenvalue weighted by atomic mass is 10.2. The van der Waals surface area contributed by atoms with Gasteiger partial charge in [-0.1, -0.05) is 42.0 Å². The van der Waals surface area contributed by atoms with E-state index in [0.29, 0.717) is 12.3 Å². The maximum Gasteiger partial charge on any atom is 0.233 e. The Morgan fingerprint density at radius 2 is 2.10 bits per heavy atom. The fourth-order valence-corrected chi connectivity index (χ4v) is 3.70. The Hall–Kier alpha value is -1.08. The molecule has 1 aromatic rings. The van der Waals surface area contributed by atoms with Crippen molar-refractivity contribution in [3.05, 3.63) is 12.7 Å². The molecule has 5 nitrogen and oxygen atoms in total. The van der Waals surface area contributed by atoms with E-state index in [2.05, 4.69) is 22.1 Å². The first kappa shape index (κ1) is 15.3. The molecule has 110 valence electrons. The number of thioether (sulfide) groups is 1. The number of nitrogens with zero attached hydrogens (tertiary/aromatic N) is 3. The number of hydrogen-bond acceptors (Lipinski definition) is 6. The van der Waals surface area contributed by atoms with E-state index < -0.39 is 0 Å². The first-order valence-corrected chi connectivity index (χ1v) is 8.68. The quantitative estimate of drug-likeness (QED) is 0.646. The molecule has 0 spiro atoms. The molecule has 20 heavy (non-hydrogen) atoms. The van der Waals surface area contributed by atoms with Gasteiger partial charge < -0.3 is 10.2 Å². The summed E-state index contributed by atoms with van der Waals surface area (Å²) in [7, 11) is 0. The Morgan fingerprint density at radius 3 is 2.80 bits per heavy atom. The number of aromatic nitrogens is 2. The van der Waals surface area contributed by atoms with E-state index >= 15 is 0 Å². The third-order valence-corrected chi connectivity index (χ3v) is 5.08. The van der Waals surface area contributed by atoms with E-state index in [9.17, 15) is 4.79 Å². The average Bonchev–Trinajstić information content (AvgIpc) is 2.73. The SMILES string of the molecule is C=CCNc1nnc(SCC(=O)N2CCCCCC2)s1. The van der Waals surface area contributed by atoms with Crippen LogP contribution in [0.4, 0.5) is 5.13 Å². The fraction of sp³-hybridized carbons (Fsp3) is 0.615. The van der Waals surface area contributed by atoms with E-state index in [-0.39, 0.29) is 5.91 Å². The summed E-state index contributed by atoms with van der Waals surface area (Å²) in [5, 5.41) is 12.0. The van der Waals surface area contributed by atoms with Crippen LogP contribution in [-0.4, -0.2) is 46.4 Å². The molecule has 2 rings (SSSR count). The summed E-state index contributed by atoms with van der Waals surface area (Å²) in [5.41, 5.74) is 0. The van der Waals surface area contributed by atoms with Gasteiger partial charge in [-0.25, -0.2) is 0 Å². The van der Waals surface area contributed by atoms with Crippen molar-refractivity contribution in [1.82, 2.24) is 15.1 Å². The molecule has 1 fully saturated rings. The first-order valence-electron chi connectivity index (χ1n) is 6.88. The second-order valence-electron chi connectivity index (χ2n) is 4.63. The van der Waals surface area contributed by atoms with Crippen LogP contribution in [0, 0.1) is 0 Å². The maximum absolute atomic E-state index is 12.1. The van der Waals surface area contributed by atoms with Crippen molar-refractivity contribution >= 4 is 34.1 Å². The van der Waals surface area contributed by atoms with Gasteiger partial charge in [0, 0.05) is 19.6 Å². The van der Waals surface area contributed by atoms with Gasteiger partial charge in [-0.15, -0.1) is 16.8 Å². The Kier molecular flexibility index (Phi) is 6.32. The van der Waals surface area contributed by atoms with Gasteiger partial charge in [-0.05, 0) is 12.8 Å². The summed E-state index contributed by atoms with van der Waals surface area (Å²) in [4.78, 5) is 14.1. The second-order valence-corrected chi connectivity index (χ2v) is 6.83. The molecule has 7 heteroatoms. The van der Waals surface area contributed by atoms with Gasteiger partial charge in [-0.2, -0.15) is 0 Å². The molecule has 0 unspecified atom stereocenters. The van der Waals surface area contributed by atoms with Crippen LogP contribution < -0.4 is 5.32 Å². The number of hydrogen-bond donors (Lipinski definition) is 1. The number of nitrogens with one attached hydrogen (secondary N) is 1. The van der Waals surface area contributed by atoms with E-state index in [1.54, 1.807) is 6.08 Å². The van der Waals surface area contributed by atoms with E-state index in [4.69, 9.17) is 0 Å². The van der Waals surface area contributed by atoms with E-state index in [1.165, 1.54) is 35.9 Å². The van der Waals surface area contributed by atoms with Crippen molar-refractivity contribution in [2.45, 2.75) is 30.0 Å². The van der Waals surface area contributed by atoms with Crippen molar-refractivity contribution in [3.63, 3.8) is 0 Å². The first-order chi connectivity index (χ1) is 9.79. The Balaban J connectivity index is 1.77. The number of carbonyl (C=O) groups excluding carboxylic acids is 1. The van der Waals surface area contributed by atoms with Crippen LogP contribution in [0.2, 0.25) is 0 Å². The highest BCUT2D eigenvalue weighted by Gasteiger charge is 2.16. The minimum Gasteiger partial charge on any atom is -0.357 e. The predicted molar refractivity (Wildman–Crippen MR) is 84.4 cm³/mol. The van der Waals surface area contributed by atoms with Gasteiger partial charge in [0.2, 0.25) is 11.0 Å². The van der Waals surface area contributed by atoms with Crippen LogP contribution in [-0.2, 0) is 4.79 Å². The molecule has 0 atom stereocenters. The lowest BCUT2D eigenvalue weighted by Gasteiger charge is -2.19. The van der Waals surface area contributed by atoms with Gasteiger partial charge in [-0.3, -0.25) is 4.79 Å². The average molecular weight is 312 g/mol. The van der Waals surface area contributed by atoms with E-state index in [0.717, 1.165) is 35.4 Å². The van der Waals surface area contributed by atoms with Gasteiger partial charge in [0.1, 0.15) is 0 Å². The summed E-state index contributed by atoms with van der Waals surface area (Å²) in [6, 6.07) is 0. The van der Waals surface area contributed by atoms with E-state index in [1.807, 2.05) is 4.90 Å². The topological polar surface area (TPSA) is 58.1 Å². The van der Waals surface area contributed by atoms with Gasteiger partial charge in [0.05, 0.1) is 5.75 Å². The second kappa shape index (κ2) is 8.26. The Labute approximate surface area is 127 Å². The maximum atomic E-state index is 12.1. The summed E-state index contributed by atoms with van der Waals surface area (Å²) in [6.45, 7) is 6.12. The molecule has 1 aromatic heterocycles. The normalized spacial score (nSPS) is 15.7. The highest BCUT2D eigenvalue weighted by atomic mass is 32.2. The molecule has 1 aliphatic heterocycles. The molecule has 1 N–H and O–H groups in total. The van der Waals surface area contributed by atoms with Crippen LogP contribution in [0.5, 0.6) is 0 Å². The Bertz CT molecular complexity index is 441. The highest BCUT2D eigenvalue weighted by Crippen LogP contribution is 2.25. The van der Waals surface area contributed by atoms with Gasteiger partial charge >= 0.3 is 0 Å². The van der Waals surface area contributed by atoms with Crippen LogP contribution in [0.15, 0.2) is 17.0 Å². The number of anilines is 1. The standard InChI is InChI=1S/C13H20N4OS2/c1-2-7-14-12-15-16-13(20-12)19-10-11(18)17-8-5-3-4-6-9-17/h2H,1,3-10H2,(H,14,15). The summed E-state index contributed by atoms with van der Waals surface area (Å²) >= 11 is 2.95. The number of likely N-dealkylation sites (tertiary alicyclic amines) is 1. The predicted octanol–water partition coefficient (Wildman–Crippen LogP) is 2.63. The molecule has 1 saturated heterocycles. The third kappa shape index (κ3) is 4.79. The van der Waals surface area contributed by atoms with Gasteiger partial charge in [0.15, 0.2) is 4.34 Å². The summed E-state index contributed by atoms with van der Waals surface area (Å²) in [5.74, 6) is 0.670. The van der Waals surface area contributed by atoms with Gasteiger partial charge in [0.25, 0.3) is 0 Å². The number of carbonyl (C=O) groups is 1. The van der Waals surface area contributed by atoms with Crippen LogP contribution in [0.25, 0.3) is 0 Å². The zero-order valence-corrected chi connectivity index (χ0v) is 13.1. The summed E-state index contributed by atoms with van der Waals surface area (Å²) in [6.07, 6.45) is 6.52. The van der Waals surface area contributed by atoms with Crippen molar-refractivity contribution in [1.29, 1.82) is 0 Å². The number of rotatable bonds is 6. The zero-order valence-electron chi connectivity index (χ0n) is 11.5. The Morgan fingerprint density at radius 1 is 1.35 bits per heavy atom. The van der Waals surface area contributed by atoms with Crippen molar-refractivity contribution in [2.75, 3.05) is 30.7 Å². The number of amides is 1. The van der Waals surface area contributed by atoms with Crippen molar-refractivity contribution < 1.29 is 4.79 Å². The van der Waals surface area contributed by atoms with Crippen LogP contribution >= 0.6 is 23.1 Å². The monoisotopic (exact) mass is 312 g/mol. The molecular formula is C13H20N4OS2. The molecular weight excluding hydrogens is 292 g/mol. The molecule has 0 saturated carbocycles. The third-order valence-electron chi connectivity index (χ3n) is 3.08. The largest absolute Gasteiger partial charge is 0.357 e. The zero-order chi connectivity index (χ0) is 14.2. The lowest BCUT2D eigenvalue weighted by Crippen LogP contribution is -2.33. The van der Waals surface area contributed by atoms with Crippen molar-refractivity contribution in [3.8, 4) is 0 Å². The summed E-state index contributed by atoms with van der Waals surface area (Å²) < 4.78 is 0.833. The molecule has 0 radical (unpaired) electrons. The molecule has 0 aromatic carbocycles. The molecule has 0 bridgehead atoms. The minimum atomic E-state index is 0.215. The molecule has 1 aliphatic rings. The highest BCUT2D eigenvalue weighted by molar-refractivity contribution is 8.01. The molecule has 0 aliphatic carbocycles. The fourth-order valence-electron chi connectivity index (χ4n) is 2.03. The molecule has 2 heterocycles. The minimum absolute atomic E-state index is 0.215. The lowest BCUT2D eigenvalue weighted by molar-refractivity contribution is -0.128.